The van der Waals surface area contributed by atoms with Gasteiger partial charge in [0, 0.05) is 27.5 Å². The van der Waals surface area contributed by atoms with Gasteiger partial charge in [0.1, 0.15) is 0 Å². The van der Waals surface area contributed by atoms with Gasteiger partial charge in [0.05, 0.1) is 16.9 Å². The van der Waals surface area contributed by atoms with Crippen molar-refractivity contribution in [2.24, 2.45) is 10.2 Å². The van der Waals surface area contributed by atoms with Gasteiger partial charge in [-0.25, -0.2) is 0 Å². The number of carbonyl (C=O) groups excluding carboxylic acids is 1. The van der Waals surface area contributed by atoms with Crippen LogP contribution in [0.3, 0.4) is 0 Å². The van der Waals surface area contributed by atoms with E-state index in [0.717, 1.165) is 9.79 Å². The number of nitrogens with zero attached hydrogens (tertiary/aromatic N) is 3. The Morgan fingerprint density at radius 1 is 1.24 bits per heavy atom. The largest absolute Gasteiger partial charge is 0.303 e. The Kier molecular flexibility index (Phi) is 5.46. The van der Waals surface area contributed by atoms with Crippen molar-refractivity contribution in [3.05, 3.63) is 64.2 Å². The predicted octanol–water partition coefficient (Wildman–Crippen LogP) is 3.30. The highest BCUT2D eigenvalue weighted by Crippen LogP contribution is 2.31. The highest BCUT2D eigenvalue weighted by molar-refractivity contribution is 8.15. The van der Waals surface area contributed by atoms with Crippen LogP contribution in [0, 0.1) is 10.1 Å². The van der Waals surface area contributed by atoms with Crippen LogP contribution in [0.2, 0.25) is 0 Å². The summed E-state index contributed by atoms with van der Waals surface area (Å²) in [6.45, 7) is 0. The van der Waals surface area contributed by atoms with Crippen molar-refractivity contribution in [2.75, 3.05) is 5.75 Å². The van der Waals surface area contributed by atoms with Crippen molar-refractivity contribution in [1.82, 2.24) is 5.32 Å². The Bertz CT molecular complexity index is 869. The monoisotopic (exact) mass is 372 g/mol. The van der Waals surface area contributed by atoms with Gasteiger partial charge < -0.3 is 5.32 Å². The Hall–Kier alpha value is -2.65. The van der Waals surface area contributed by atoms with E-state index in [0.29, 0.717) is 16.5 Å². The van der Waals surface area contributed by atoms with Gasteiger partial charge in [0.15, 0.2) is 5.17 Å². The summed E-state index contributed by atoms with van der Waals surface area (Å²) >= 11 is 2.74. The van der Waals surface area contributed by atoms with Gasteiger partial charge in [-0.3, -0.25) is 14.9 Å². The summed E-state index contributed by atoms with van der Waals surface area (Å²) in [5, 5.41) is 21.9. The zero-order chi connectivity index (χ0) is 17.6. The summed E-state index contributed by atoms with van der Waals surface area (Å²) in [6, 6.07) is 14.3. The number of nitro benzene ring substituents is 1. The number of hydrogen-bond donors (Lipinski definition) is 1. The lowest BCUT2D eigenvalue weighted by Crippen LogP contribution is -2.19. The minimum absolute atomic E-state index is 0.0185. The van der Waals surface area contributed by atoms with E-state index in [9.17, 15) is 14.9 Å². The fraction of sp³-hybridized carbons (Fsp3) is 0.0625. The van der Waals surface area contributed by atoms with Crippen LogP contribution in [-0.2, 0) is 4.79 Å². The first kappa shape index (κ1) is 17.2. The van der Waals surface area contributed by atoms with Crippen LogP contribution in [0.5, 0.6) is 0 Å². The van der Waals surface area contributed by atoms with Crippen molar-refractivity contribution in [3.8, 4) is 0 Å². The van der Waals surface area contributed by atoms with E-state index in [1.165, 1.54) is 41.9 Å². The van der Waals surface area contributed by atoms with Crippen LogP contribution in [0.25, 0.3) is 0 Å². The highest BCUT2D eigenvalue weighted by atomic mass is 32.2. The van der Waals surface area contributed by atoms with E-state index in [-0.39, 0.29) is 11.6 Å². The van der Waals surface area contributed by atoms with Crippen molar-refractivity contribution in [2.45, 2.75) is 9.79 Å². The topological polar surface area (TPSA) is 97.0 Å². The average molecular weight is 372 g/mol. The number of carbonyl (C=O) groups is 1. The van der Waals surface area contributed by atoms with E-state index in [4.69, 9.17) is 0 Å². The molecule has 1 aliphatic rings. The van der Waals surface area contributed by atoms with Gasteiger partial charge >= 0.3 is 0 Å². The average Bonchev–Trinajstić information content (AvgIpc) is 3.02. The number of nitrogens with one attached hydrogen (secondary N) is 1. The molecular formula is C16H12N4O3S2. The molecule has 1 fully saturated rings. The summed E-state index contributed by atoms with van der Waals surface area (Å²) in [4.78, 5) is 23.5. The molecule has 0 bridgehead atoms. The van der Waals surface area contributed by atoms with Crippen molar-refractivity contribution >= 4 is 46.5 Å². The molecule has 0 spiro atoms. The predicted molar refractivity (Wildman–Crippen MR) is 99.3 cm³/mol. The maximum absolute atomic E-state index is 11.1. The highest BCUT2D eigenvalue weighted by Gasteiger charge is 2.16. The standard InChI is InChI=1S/C16H12N4O3S2/c21-15-10-24-16(18-15)19-17-9-11-8-12(20(22)23)6-7-14(11)25-13-4-2-1-3-5-13/h1-9H,10H2,(H,18,19,21). The molecule has 0 unspecified atom stereocenters. The maximum atomic E-state index is 11.1. The van der Waals surface area contributed by atoms with E-state index < -0.39 is 4.92 Å². The zero-order valence-corrected chi connectivity index (χ0v) is 14.4. The van der Waals surface area contributed by atoms with E-state index in [1.807, 2.05) is 30.3 Å². The molecule has 9 heteroatoms. The van der Waals surface area contributed by atoms with Crippen molar-refractivity contribution in [1.29, 1.82) is 0 Å². The second-order valence-corrected chi connectivity index (χ2v) is 6.96. The van der Waals surface area contributed by atoms with E-state index >= 15 is 0 Å². The summed E-state index contributed by atoms with van der Waals surface area (Å²) in [6.07, 6.45) is 1.45. The molecule has 126 valence electrons. The molecule has 1 aliphatic heterocycles. The van der Waals surface area contributed by atoms with E-state index in [1.54, 1.807) is 6.07 Å². The first-order valence-electron chi connectivity index (χ1n) is 7.17. The molecule has 0 radical (unpaired) electrons. The third-order valence-electron chi connectivity index (χ3n) is 3.11. The van der Waals surface area contributed by atoms with Crippen LogP contribution in [0.1, 0.15) is 5.56 Å². The van der Waals surface area contributed by atoms with Crippen LogP contribution >= 0.6 is 23.5 Å². The van der Waals surface area contributed by atoms with Crippen LogP contribution < -0.4 is 5.32 Å². The lowest BCUT2D eigenvalue weighted by atomic mass is 10.2. The number of rotatable bonds is 5. The fourth-order valence-electron chi connectivity index (χ4n) is 1.98. The van der Waals surface area contributed by atoms with Crippen LogP contribution in [0.4, 0.5) is 5.69 Å². The summed E-state index contributed by atoms with van der Waals surface area (Å²) in [5.41, 5.74) is 0.566. The molecule has 1 N–H and O–H groups in total. The molecule has 7 nitrogen and oxygen atoms in total. The lowest BCUT2D eigenvalue weighted by Gasteiger charge is -2.05. The van der Waals surface area contributed by atoms with Gasteiger partial charge in [-0.1, -0.05) is 41.7 Å². The molecule has 25 heavy (non-hydrogen) atoms. The number of nitro groups is 1. The van der Waals surface area contributed by atoms with Gasteiger partial charge in [-0.15, -0.1) is 5.10 Å². The summed E-state index contributed by atoms with van der Waals surface area (Å²) in [5.74, 6) is 0.204. The molecule has 2 aromatic carbocycles. The molecule has 1 amide bonds. The molecule has 0 aliphatic carbocycles. The molecule has 0 atom stereocenters. The molecule has 0 saturated carbocycles. The van der Waals surface area contributed by atoms with Gasteiger partial charge in [-0.2, -0.15) is 5.10 Å². The van der Waals surface area contributed by atoms with E-state index in [2.05, 4.69) is 15.5 Å². The number of hydrogen-bond acceptors (Lipinski definition) is 7. The van der Waals surface area contributed by atoms with Crippen LogP contribution in [0.15, 0.2) is 68.5 Å². The number of amidine groups is 1. The first-order chi connectivity index (χ1) is 12.1. The Morgan fingerprint density at radius 2 is 2.04 bits per heavy atom. The fourth-order valence-corrected chi connectivity index (χ4v) is 3.53. The Labute approximate surface area is 151 Å². The van der Waals surface area contributed by atoms with Gasteiger partial charge in [0.2, 0.25) is 5.91 Å². The number of benzene rings is 2. The molecular weight excluding hydrogens is 360 g/mol. The SMILES string of the molecule is O=C1CSC(=NN=Cc2cc([N+](=O)[O-])ccc2Sc2ccccc2)N1. The minimum atomic E-state index is -0.451. The minimum Gasteiger partial charge on any atom is -0.303 e. The number of amides is 1. The maximum Gasteiger partial charge on any atom is 0.270 e. The number of non-ortho nitro benzene ring substituents is 1. The smallest absolute Gasteiger partial charge is 0.270 e. The van der Waals surface area contributed by atoms with Gasteiger partial charge in [-0.05, 0) is 18.2 Å². The van der Waals surface area contributed by atoms with Gasteiger partial charge in [0.25, 0.3) is 5.69 Å². The molecule has 1 heterocycles. The normalized spacial score (nSPS) is 15.7. The summed E-state index contributed by atoms with van der Waals surface area (Å²) < 4.78 is 0. The molecule has 0 aromatic heterocycles. The second-order valence-electron chi connectivity index (χ2n) is 4.88. The van der Waals surface area contributed by atoms with Crippen molar-refractivity contribution in [3.63, 3.8) is 0 Å². The zero-order valence-electron chi connectivity index (χ0n) is 12.8. The van der Waals surface area contributed by atoms with Crippen LogP contribution in [-0.4, -0.2) is 28.0 Å². The molecule has 2 aromatic rings. The lowest BCUT2D eigenvalue weighted by molar-refractivity contribution is -0.384. The molecule has 3 rings (SSSR count). The first-order valence-corrected chi connectivity index (χ1v) is 8.97. The quantitative estimate of drug-likeness (QED) is 0.493. The number of thioether (sulfide) groups is 1. The Morgan fingerprint density at radius 3 is 2.72 bits per heavy atom. The summed E-state index contributed by atoms with van der Waals surface area (Å²) in [7, 11) is 0. The second kappa shape index (κ2) is 7.95. The Balaban J connectivity index is 1.87. The third-order valence-corrected chi connectivity index (χ3v) is 5.07. The van der Waals surface area contributed by atoms with Crippen molar-refractivity contribution < 1.29 is 9.72 Å². The third kappa shape index (κ3) is 4.68. The molecule has 1 saturated heterocycles.